The third kappa shape index (κ3) is 6.54. The number of likely N-dealkylation sites (tertiary alicyclic amines) is 1. The Morgan fingerprint density at radius 2 is 1.58 bits per heavy atom. The summed E-state index contributed by atoms with van der Waals surface area (Å²) < 4.78 is 0. The van der Waals surface area contributed by atoms with Crippen LogP contribution < -0.4 is 10.2 Å². The van der Waals surface area contributed by atoms with E-state index >= 15 is 0 Å². The number of aromatic nitrogens is 1. The molecule has 0 spiro atoms. The van der Waals surface area contributed by atoms with Crippen molar-refractivity contribution < 1.29 is 0 Å². The van der Waals surface area contributed by atoms with Crippen molar-refractivity contribution in [1.29, 1.82) is 0 Å². The van der Waals surface area contributed by atoms with E-state index in [0.29, 0.717) is 12.0 Å². The molecule has 31 heavy (non-hydrogen) atoms. The number of hydrogen-bond donors (Lipinski definition) is 1. The summed E-state index contributed by atoms with van der Waals surface area (Å²) in [7, 11) is 0. The van der Waals surface area contributed by atoms with Crippen molar-refractivity contribution >= 4 is 5.69 Å². The highest BCUT2D eigenvalue weighted by Gasteiger charge is 2.21. The van der Waals surface area contributed by atoms with Gasteiger partial charge >= 0.3 is 0 Å². The summed E-state index contributed by atoms with van der Waals surface area (Å²) in [6.07, 6.45) is 10.2. The lowest BCUT2D eigenvalue weighted by Gasteiger charge is -2.34. The van der Waals surface area contributed by atoms with Gasteiger partial charge in [-0.15, -0.1) is 0 Å². The molecule has 2 aliphatic rings. The minimum absolute atomic E-state index is 0.669. The van der Waals surface area contributed by atoms with Gasteiger partial charge < -0.3 is 15.1 Å². The van der Waals surface area contributed by atoms with Gasteiger partial charge in [0.1, 0.15) is 0 Å². The fraction of sp³-hybridized carbons (Fsp3) is 0.593. The summed E-state index contributed by atoms with van der Waals surface area (Å²) >= 11 is 0. The Kier molecular flexibility index (Phi) is 7.98. The van der Waals surface area contributed by atoms with Crippen molar-refractivity contribution in [3.63, 3.8) is 0 Å². The van der Waals surface area contributed by atoms with Crippen LogP contribution in [0.4, 0.5) is 5.69 Å². The molecule has 0 amide bonds. The first-order valence-electron chi connectivity index (χ1n) is 12.4. The molecule has 0 aliphatic carbocycles. The van der Waals surface area contributed by atoms with E-state index in [0.717, 1.165) is 25.6 Å². The minimum Gasteiger partial charge on any atom is -0.371 e. The van der Waals surface area contributed by atoms with Crippen LogP contribution in [0.3, 0.4) is 0 Å². The Balaban J connectivity index is 1.18. The Morgan fingerprint density at radius 3 is 2.23 bits per heavy atom. The molecule has 0 atom stereocenters. The highest BCUT2D eigenvalue weighted by atomic mass is 15.1. The van der Waals surface area contributed by atoms with E-state index in [-0.39, 0.29) is 0 Å². The van der Waals surface area contributed by atoms with Crippen molar-refractivity contribution in [2.45, 2.75) is 64.5 Å². The zero-order valence-corrected chi connectivity index (χ0v) is 19.5. The van der Waals surface area contributed by atoms with Crippen molar-refractivity contribution in [1.82, 2.24) is 15.2 Å². The molecular formula is C27H40N4. The second-order valence-electron chi connectivity index (χ2n) is 9.89. The fourth-order valence-electron chi connectivity index (χ4n) is 4.99. The van der Waals surface area contributed by atoms with E-state index in [2.05, 4.69) is 70.3 Å². The molecule has 2 aromatic rings. The summed E-state index contributed by atoms with van der Waals surface area (Å²) in [6.45, 7) is 11.7. The summed E-state index contributed by atoms with van der Waals surface area (Å²) in [5.41, 5.74) is 4.22. The van der Waals surface area contributed by atoms with Gasteiger partial charge in [-0.3, -0.25) is 4.98 Å². The molecule has 0 saturated carbocycles. The topological polar surface area (TPSA) is 31.4 Å². The molecule has 168 valence electrons. The lowest BCUT2D eigenvalue weighted by Crippen LogP contribution is -2.42. The maximum absolute atomic E-state index is 4.15. The number of nitrogens with zero attached hydrogens (tertiary/aromatic N) is 3. The molecule has 0 bridgehead atoms. The second kappa shape index (κ2) is 11.1. The Bertz CT molecular complexity index is 758. The highest BCUT2D eigenvalue weighted by molar-refractivity contribution is 5.48. The van der Waals surface area contributed by atoms with Gasteiger partial charge in [0.05, 0.1) is 0 Å². The number of hydrogen-bond acceptors (Lipinski definition) is 4. The van der Waals surface area contributed by atoms with Crippen LogP contribution in [0, 0.1) is 5.92 Å². The van der Waals surface area contributed by atoms with Crippen molar-refractivity contribution in [2.75, 3.05) is 37.6 Å². The first-order valence-corrected chi connectivity index (χ1v) is 12.4. The second-order valence-corrected chi connectivity index (χ2v) is 9.89. The predicted octanol–water partition coefficient (Wildman–Crippen LogP) is 5.07. The molecule has 4 heteroatoms. The van der Waals surface area contributed by atoms with E-state index in [1.54, 1.807) is 0 Å². The molecule has 0 radical (unpaired) electrons. The first kappa shape index (κ1) is 22.3. The number of nitrogens with one attached hydrogen (secondary N) is 1. The van der Waals surface area contributed by atoms with Crippen LogP contribution in [-0.4, -0.2) is 48.6 Å². The monoisotopic (exact) mass is 420 g/mol. The van der Waals surface area contributed by atoms with Crippen molar-refractivity contribution in [2.24, 2.45) is 5.92 Å². The highest BCUT2D eigenvalue weighted by Crippen LogP contribution is 2.30. The SMILES string of the molecule is CC(C)CCN1CCC(NCc2ccc(N3CCC(c4ccncc4)CC3)cc2)CC1. The quantitative estimate of drug-likeness (QED) is 0.646. The van der Waals surface area contributed by atoms with Crippen LogP contribution in [0.15, 0.2) is 48.8 Å². The van der Waals surface area contributed by atoms with Crippen LogP contribution in [0.25, 0.3) is 0 Å². The summed E-state index contributed by atoms with van der Waals surface area (Å²) in [4.78, 5) is 9.34. The van der Waals surface area contributed by atoms with E-state index in [9.17, 15) is 0 Å². The van der Waals surface area contributed by atoms with Crippen LogP contribution >= 0.6 is 0 Å². The zero-order chi connectivity index (χ0) is 21.5. The Labute approximate surface area is 189 Å². The van der Waals surface area contributed by atoms with Gasteiger partial charge in [-0.1, -0.05) is 26.0 Å². The maximum atomic E-state index is 4.15. The summed E-state index contributed by atoms with van der Waals surface area (Å²) in [5.74, 6) is 1.49. The van der Waals surface area contributed by atoms with Crippen molar-refractivity contribution in [3.8, 4) is 0 Å². The molecule has 4 rings (SSSR count). The fourth-order valence-corrected chi connectivity index (χ4v) is 4.99. The average Bonchev–Trinajstić information content (AvgIpc) is 2.83. The Morgan fingerprint density at radius 1 is 0.903 bits per heavy atom. The Hall–Kier alpha value is -1.91. The molecule has 0 unspecified atom stereocenters. The maximum Gasteiger partial charge on any atom is 0.0366 e. The predicted molar refractivity (Wildman–Crippen MR) is 131 cm³/mol. The van der Waals surface area contributed by atoms with Gasteiger partial charge in [0.25, 0.3) is 0 Å². The third-order valence-corrected chi connectivity index (χ3v) is 7.18. The molecule has 2 saturated heterocycles. The van der Waals surface area contributed by atoms with Crippen LogP contribution in [0.5, 0.6) is 0 Å². The number of rotatable bonds is 8. The summed E-state index contributed by atoms with van der Waals surface area (Å²) in [5, 5.41) is 3.80. The molecule has 4 nitrogen and oxygen atoms in total. The molecule has 2 aliphatic heterocycles. The van der Waals surface area contributed by atoms with Gasteiger partial charge in [0, 0.05) is 43.8 Å². The van der Waals surface area contributed by atoms with Gasteiger partial charge in [0.15, 0.2) is 0 Å². The number of pyridine rings is 1. The number of anilines is 1. The van der Waals surface area contributed by atoms with Crippen LogP contribution in [0.1, 0.15) is 63.0 Å². The molecular weight excluding hydrogens is 380 g/mol. The summed E-state index contributed by atoms with van der Waals surface area (Å²) in [6, 6.07) is 14.3. The van der Waals surface area contributed by atoms with Crippen molar-refractivity contribution in [3.05, 3.63) is 59.9 Å². The van der Waals surface area contributed by atoms with Gasteiger partial charge in [0.2, 0.25) is 0 Å². The third-order valence-electron chi connectivity index (χ3n) is 7.18. The van der Waals surface area contributed by atoms with E-state index in [4.69, 9.17) is 0 Å². The minimum atomic E-state index is 0.669. The normalized spacial score (nSPS) is 19.3. The van der Waals surface area contributed by atoms with E-state index in [1.165, 1.54) is 68.6 Å². The molecule has 1 N–H and O–H groups in total. The molecule has 3 heterocycles. The lowest BCUT2D eigenvalue weighted by atomic mass is 9.90. The van der Waals surface area contributed by atoms with Gasteiger partial charge in [-0.25, -0.2) is 0 Å². The van der Waals surface area contributed by atoms with Crippen LogP contribution in [0.2, 0.25) is 0 Å². The van der Waals surface area contributed by atoms with Gasteiger partial charge in [-0.2, -0.15) is 0 Å². The smallest absolute Gasteiger partial charge is 0.0366 e. The largest absolute Gasteiger partial charge is 0.371 e. The standard InChI is InChI=1S/C27H40N4/c1-22(2)9-16-30-17-12-26(13-18-30)29-21-23-3-5-27(6-4-23)31-19-10-25(11-20-31)24-7-14-28-15-8-24/h3-8,14-15,22,25-26,29H,9-13,16-21H2,1-2H3. The number of benzene rings is 1. The van der Waals surface area contributed by atoms with E-state index < -0.39 is 0 Å². The molecule has 1 aromatic carbocycles. The average molecular weight is 421 g/mol. The number of piperidine rings is 2. The zero-order valence-electron chi connectivity index (χ0n) is 19.5. The van der Waals surface area contributed by atoms with Crippen LogP contribution in [-0.2, 0) is 6.54 Å². The van der Waals surface area contributed by atoms with E-state index in [1.807, 2.05) is 12.4 Å². The first-order chi connectivity index (χ1) is 15.2. The molecule has 1 aromatic heterocycles. The molecule has 2 fully saturated rings. The lowest BCUT2D eigenvalue weighted by molar-refractivity contribution is 0.189. The van der Waals surface area contributed by atoms with Gasteiger partial charge in [-0.05, 0) is 99.0 Å².